The molecule has 1 saturated heterocycles. The molecular formula is C24H28Cl2N6O2. The summed E-state index contributed by atoms with van der Waals surface area (Å²) in [4.78, 5) is 20.9. The van der Waals surface area contributed by atoms with Crippen molar-refractivity contribution in [3.8, 4) is 0 Å². The number of nitrogen functional groups attached to an aromatic ring is 1. The van der Waals surface area contributed by atoms with Crippen LogP contribution in [0.1, 0.15) is 29.9 Å². The van der Waals surface area contributed by atoms with E-state index in [0.717, 1.165) is 44.5 Å². The van der Waals surface area contributed by atoms with Gasteiger partial charge in [0.25, 0.3) is 0 Å². The maximum absolute atomic E-state index is 12.2. The molecule has 1 aromatic heterocycles. The lowest BCUT2D eigenvalue weighted by Crippen LogP contribution is -2.48. The van der Waals surface area contributed by atoms with Gasteiger partial charge < -0.3 is 15.7 Å². The second kappa shape index (κ2) is 11.1. The van der Waals surface area contributed by atoms with E-state index in [4.69, 9.17) is 28.9 Å². The van der Waals surface area contributed by atoms with E-state index < -0.39 is 11.9 Å². The normalized spacial score (nSPS) is 15.6. The predicted octanol–water partition coefficient (Wildman–Crippen LogP) is 4.08. The summed E-state index contributed by atoms with van der Waals surface area (Å²) in [7, 11) is 0. The van der Waals surface area contributed by atoms with Crippen LogP contribution < -0.4 is 10.6 Å². The molecule has 3 aromatic rings. The Morgan fingerprint density at radius 2 is 1.74 bits per heavy atom. The van der Waals surface area contributed by atoms with Gasteiger partial charge >= 0.3 is 5.97 Å². The molecule has 1 atom stereocenters. The van der Waals surface area contributed by atoms with Gasteiger partial charge in [-0.3, -0.25) is 9.69 Å². The summed E-state index contributed by atoms with van der Waals surface area (Å²) < 4.78 is 0. The lowest BCUT2D eigenvalue weighted by molar-refractivity contribution is -0.139. The fraction of sp³-hybridized carbons (Fsp3) is 0.375. The summed E-state index contributed by atoms with van der Waals surface area (Å²) >= 11 is 12.1. The molecule has 0 radical (unpaired) electrons. The average molecular weight is 503 g/mol. The summed E-state index contributed by atoms with van der Waals surface area (Å²) in [5, 5.41) is 18.2. The number of aromatic nitrogens is 3. The third-order valence-electron chi connectivity index (χ3n) is 6.34. The SMILES string of the molecule is Nc1nc(N2CCC(N(CCc3ccc(Cl)cc3)CC(C(=O)O)c3ccc(Cl)cc3)CC2)n[nH]1. The monoisotopic (exact) mass is 502 g/mol. The quantitative estimate of drug-likeness (QED) is 0.404. The number of carbonyl (C=O) groups is 1. The number of piperidine rings is 1. The first-order valence-corrected chi connectivity index (χ1v) is 12.0. The van der Waals surface area contributed by atoms with E-state index in [1.165, 1.54) is 5.56 Å². The van der Waals surface area contributed by atoms with Crippen LogP contribution in [0, 0.1) is 0 Å². The Kier molecular flexibility index (Phi) is 7.92. The lowest BCUT2D eigenvalue weighted by atomic mass is 9.95. The smallest absolute Gasteiger partial charge is 0.312 e. The van der Waals surface area contributed by atoms with Crippen molar-refractivity contribution < 1.29 is 9.90 Å². The molecule has 4 rings (SSSR count). The van der Waals surface area contributed by atoms with Gasteiger partial charge in [0.05, 0.1) is 5.92 Å². The topological polar surface area (TPSA) is 111 Å². The van der Waals surface area contributed by atoms with Crippen LogP contribution in [0.4, 0.5) is 11.9 Å². The molecule has 0 aliphatic carbocycles. The second-order valence-corrected chi connectivity index (χ2v) is 9.43. The van der Waals surface area contributed by atoms with Gasteiger partial charge in [-0.1, -0.05) is 47.5 Å². The van der Waals surface area contributed by atoms with E-state index in [1.807, 2.05) is 24.3 Å². The Bertz CT molecular complexity index is 1080. The average Bonchev–Trinajstić information content (AvgIpc) is 3.27. The van der Waals surface area contributed by atoms with Crippen LogP contribution >= 0.6 is 23.2 Å². The molecule has 1 unspecified atom stereocenters. The summed E-state index contributed by atoms with van der Waals surface area (Å²) in [6, 6.07) is 15.1. The van der Waals surface area contributed by atoms with Gasteiger partial charge in [-0.05, 0) is 54.7 Å². The molecule has 8 nitrogen and oxygen atoms in total. The minimum Gasteiger partial charge on any atom is -0.481 e. The van der Waals surface area contributed by atoms with Crippen molar-refractivity contribution in [3.05, 3.63) is 69.7 Å². The molecule has 1 fully saturated rings. The number of nitrogens with one attached hydrogen (secondary N) is 1. The maximum atomic E-state index is 12.2. The zero-order valence-corrected chi connectivity index (χ0v) is 20.2. The van der Waals surface area contributed by atoms with Gasteiger partial charge in [-0.2, -0.15) is 4.98 Å². The van der Waals surface area contributed by atoms with Crippen molar-refractivity contribution in [1.29, 1.82) is 0 Å². The minimum atomic E-state index is -0.840. The Morgan fingerprint density at radius 1 is 1.12 bits per heavy atom. The number of nitrogens with two attached hydrogens (primary N) is 1. The summed E-state index contributed by atoms with van der Waals surface area (Å²) in [6.07, 6.45) is 2.56. The number of halogens is 2. The number of carboxylic acids is 1. The number of H-pyrrole nitrogens is 1. The third kappa shape index (κ3) is 6.20. The van der Waals surface area contributed by atoms with E-state index in [-0.39, 0.29) is 6.04 Å². The Balaban J connectivity index is 1.49. The fourth-order valence-corrected chi connectivity index (χ4v) is 4.69. The predicted molar refractivity (Wildman–Crippen MR) is 135 cm³/mol. The highest BCUT2D eigenvalue weighted by molar-refractivity contribution is 6.30. The van der Waals surface area contributed by atoms with E-state index >= 15 is 0 Å². The summed E-state index contributed by atoms with van der Waals surface area (Å²) in [6.45, 7) is 2.72. The molecular weight excluding hydrogens is 475 g/mol. The van der Waals surface area contributed by atoms with Gasteiger partial charge in [0.2, 0.25) is 11.9 Å². The first-order valence-electron chi connectivity index (χ1n) is 11.3. The molecule has 1 aliphatic rings. The Morgan fingerprint density at radius 3 is 2.29 bits per heavy atom. The fourth-order valence-electron chi connectivity index (χ4n) is 4.44. The lowest BCUT2D eigenvalue weighted by Gasteiger charge is -2.39. The van der Waals surface area contributed by atoms with Crippen LogP contribution in [0.5, 0.6) is 0 Å². The molecule has 2 aromatic carbocycles. The van der Waals surface area contributed by atoms with Crippen molar-refractivity contribution in [2.24, 2.45) is 0 Å². The number of hydrogen-bond acceptors (Lipinski definition) is 6. The Hall–Kier alpha value is -2.81. The van der Waals surface area contributed by atoms with Gasteiger partial charge in [0.1, 0.15) is 0 Å². The molecule has 2 heterocycles. The zero-order chi connectivity index (χ0) is 24.1. The summed E-state index contributed by atoms with van der Waals surface area (Å²) in [5.41, 5.74) is 7.60. The molecule has 1 aliphatic heterocycles. The minimum absolute atomic E-state index is 0.244. The van der Waals surface area contributed by atoms with Crippen LogP contribution in [0.2, 0.25) is 10.0 Å². The van der Waals surface area contributed by atoms with E-state index in [1.54, 1.807) is 24.3 Å². The molecule has 0 amide bonds. The number of carboxylic acid groups (broad SMARTS) is 1. The van der Waals surface area contributed by atoms with Gasteiger partial charge in [-0.25, -0.2) is 5.10 Å². The van der Waals surface area contributed by atoms with Crippen molar-refractivity contribution in [2.45, 2.75) is 31.2 Å². The number of nitrogens with zero attached hydrogens (tertiary/aromatic N) is 4. The number of aliphatic carboxylic acids is 1. The van der Waals surface area contributed by atoms with Crippen molar-refractivity contribution in [2.75, 3.05) is 36.8 Å². The molecule has 4 N–H and O–H groups in total. The molecule has 0 saturated carbocycles. The number of rotatable bonds is 9. The van der Waals surface area contributed by atoms with Crippen LogP contribution in [0.15, 0.2) is 48.5 Å². The van der Waals surface area contributed by atoms with Crippen LogP contribution in [-0.4, -0.2) is 63.4 Å². The highest BCUT2D eigenvalue weighted by Gasteiger charge is 2.30. The van der Waals surface area contributed by atoms with Gasteiger partial charge in [0, 0.05) is 42.3 Å². The van der Waals surface area contributed by atoms with E-state index in [9.17, 15) is 9.90 Å². The number of anilines is 2. The number of benzene rings is 2. The standard InChI is InChI=1S/C24H28Cl2N6O2/c25-18-5-1-16(2-6-18)9-12-32(15-21(22(33)34)17-3-7-19(26)8-4-17)20-10-13-31(14-11-20)24-28-23(27)29-30-24/h1-8,20-21H,9-15H2,(H,33,34)(H3,27,28,29,30). The number of aromatic amines is 1. The molecule has 34 heavy (non-hydrogen) atoms. The van der Waals surface area contributed by atoms with Crippen LogP contribution in [0.25, 0.3) is 0 Å². The third-order valence-corrected chi connectivity index (χ3v) is 6.85. The first-order chi connectivity index (χ1) is 16.4. The summed E-state index contributed by atoms with van der Waals surface area (Å²) in [5.74, 6) is -0.581. The highest BCUT2D eigenvalue weighted by Crippen LogP contribution is 2.26. The van der Waals surface area contributed by atoms with Crippen molar-refractivity contribution >= 4 is 41.1 Å². The van der Waals surface area contributed by atoms with Gasteiger partial charge in [0.15, 0.2) is 0 Å². The van der Waals surface area contributed by atoms with Gasteiger partial charge in [-0.15, -0.1) is 5.10 Å². The molecule has 10 heteroatoms. The Labute approximate surface area is 208 Å². The highest BCUT2D eigenvalue weighted by atomic mass is 35.5. The molecule has 0 spiro atoms. The largest absolute Gasteiger partial charge is 0.481 e. The molecule has 0 bridgehead atoms. The van der Waals surface area contributed by atoms with Crippen molar-refractivity contribution in [1.82, 2.24) is 20.1 Å². The second-order valence-electron chi connectivity index (χ2n) is 8.55. The van der Waals surface area contributed by atoms with Crippen LogP contribution in [0.3, 0.4) is 0 Å². The van der Waals surface area contributed by atoms with Crippen molar-refractivity contribution in [3.63, 3.8) is 0 Å². The molecule has 180 valence electrons. The van der Waals surface area contributed by atoms with E-state index in [2.05, 4.69) is 25.0 Å². The zero-order valence-electron chi connectivity index (χ0n) is 18.7. The first kappa shape index (κ1) is 24.3. The van der Waals surface area contributed by atoms with Crippen LogP contribution in [-0.2, 0) is 11.2 Å². The maximum Gasteiger partial charge on any atom is 0.312 e. The number of hydrogen-bond donors (Lipinski definition) is 3. The van der Waals surface area contributed by atoms with E-state index in [0.29, 0.717) is 28.5 Å².